The Labute approximate surface area is 135 Å². The molecular weight excluding hydrogens is 294 g/mol. The van der Waals surface area contributed by atoms with Gasteiger partial charge < -0.3 is 14.7 Å². The molecule has 1 aliphatic rings. The van der Waals surface area contributed by atoms with Gasteiger partial charge in [-0.25, -0.2) is 0 Å². The average Bonchev–Trinajstić information content (AvgIpc) is 2.99. The van der Waals surface area contributed by atoms with Crippen LogP contribution < -0.4 is 4.90 Å². The number of morpholine rings is 1. The average molecular weight is 313 g/mol. The highest BCUT2D eigenvalue weighted by Gasteiger charge is 2.18. The minimum atomic E-state index is -0.461. The lowest BCUT2D eigenvalue weighted by atomic mass is 10.2. The number of ether oxygens (including phenoxy) is 1. The number of thiophene rings is 1. The minimum absolute atomic E-state index is 0.461. The van der Waals surface area contributed by atoms with Crippen LogP contribution in [-0.4, -0.2) is 31.4 Å². The van der Waals surface area contributed by atoms with Crippen LogP contribution in [0.15, 0.2) is 36.4 Å². The molecular formula is C18H19NO2S. The number of nitrogens with zero attached hydrogens (tertiary/aromatic N) is 1. The monoisotopic (exact) mass is 313 g/mol. The second-order valence-corrected chi connectivity index (χ2v) is 6.32. The van der Waals surface area contributed by atoms with Gasteiger partial charge in [0.25, 0.3) is 0 Å². The van der Waals surface area contributed by atoms with E-state index in [4.69, 9.17) is 4.74 Å². The molecule has 1 atom stereocenters. The van der Waals surface area contributed by atoms with Gasteiger partial charge in [0.15, 0.2) is 0 Å². The predicted octanol–water partition coefficient (Wildman–Crippen LogP) is 3.04. The van der Waals surface area contributed by atoms with E-state index in [-0.39, 0.29) is 0 Å². The van der Waals surface area contributed by atoms with Crippen LogP contribution >= 0.6 is 11.3 Å². The van der Waals surface area contributed by atoms with Crippen LogP contribution in [-0.2, 0) is 4.74 Å². The molecule has 4 heteroatoms. The Morgan fingerprint density at radius 2 is 1.91 bits per heavy atom. The van der Waals surface area contributed by atoms with E-state index in [1.807, 2.05) is 36.4 Å². The summed E-state index contributed by atoms with van der Waals surface area (Å²) < 4.78 is 5.42. The fraction of sp³-hybridized carbons (Fsp3) is 0.333. The molecule has 114 valence electrons. The van der Waals surface area contributed by atoms with E-state index < -0.39 is 6.10 Å². The van der Waals surface area contributed by atoms with Crippen molar-refractivity contribution in [3.8, 4) is 11.8 Å². The summed E-state index contributed by atoms with van der Waals surface area (Å²) in [5.74, 6) is 6.48. The van der Waals surface area contributed by atoms with Crippen molar-refractivity contribution in [3.05, 3.63) is 52.4 Å². The third-order valence-electron chi connectivity index (χ3n) is 3.56. The van der Waals surface area contributed by atoms with Crippen molar-refractivity contribution in [2.24, 2.45) is 0 Å². The summed E-state index contributed by atoms with van der Waals surface area (Å²) in [6, 6.07) is 12.0. The first kappa shape index (κ1) is 15.1. The van der Waals surface area contributed by atoms with Gasteiger partial charge in [-0.05, 0) is 25.1 Å². The van der Waals surface area contributed by atoms with Gasteiger partial charge in [-0.15, -0.1) is 11.3 Å². The van der Waals surface area contributed by atoms with Crippen LogP contribution in [0.5, 0.6) is 0 Å². The molecule has 0 saturated carbocycles. The van der Waals surface area contributed by atoms with E-state index in [1.165, 1.54) is 0 Å². The van der Waals surface area contributed by atoms with Crippen LogP contribution in [0, 0.1) is 11.8 Å². The fourth-order valence-electron chi connectivity index (χ4n) is 2.36. The van der Waals surface area contributed by atoms with E-state index >= 15 is 0 Å². The summed E-state index contributed by atoms with van der Waals surface area (Å²) >= 11 is 1.63. The van der Waals surface area contributed by atoms with Gasteiger partial charge in [0.1, 0.15) is 5.00 Å². The summed E-state index contributed by atoms with van der Waals surface area (Å²) in [5, 5.41) is 11.0. The molecule has 1 fully saturated rings. The topological polar surface area (TPSA) is 32.7 Å². The third kappa shape index (κ3) is 3.50. The molecule has 2 aromatic rings. The van der Waals surface area contributed by atoms with Gasteiger partial charge in [0.2, 0.25) is 0 Å². The first-order valence-corrected chi connectivity index (χ1v) is 8.27. The van der Waals surface area contributed by atoms with Crippen molar-refractivity contribution >= 4 is 16.3 Å². The number of anilines is 1. The first-order valence-electron chi connectivity index (χ1n) is 7.45. The maximum atomic E-state index is 9.86. The van der Waals surface area contributed by atoms with Crippen LogP contribution in [0.2, 0.25) is 0 Å². The summed E-state index contributed by atoms with van der Waals surface area (Å²) in [6.45, 7) is 5.03. The van der Waals surface area contributed by atoms with Crippen molar-refractivity contribution in [2.45, 2.75) is 13.0 Å². The lowest BCUT2D eigenvalue weighted by molar-refractivity contribution is 0.123. The smallest absolute Gasteiger partial charge is 0.107 e. The Balaban J connectivity index is 1.93. The summed E-state index contributed by atoms with van der Waals surface area (Å²) in [5.41, 5.74) is 1.99. The zero-order valence-electron chi connectivity index (χ0n) is 12.6. The summed E-state index contributed by atoms with van der Waals surface area (Å²) in [7, 11) is 0. The van der Waals surface area contributed by atoms with Crippen molar-refractivity contribution in [1.82, 2.24) is 0 Å². The van der Waals surface area contributed by atoms with Crippen LogP contribution in [0.25, 0.3) is 0 Å². The molecule has 0 amide bonds. The molecule has 22 heavy (non-hydrogen) atoms. The predicted molar refractivity (Wildman–Crippen MR) is 90.4 cm³/mol. The van der Waals surface area contributed by atoms with Crippen molar-refractivity contribution in [1.29, 1.82) is 0 Å². The Bertz CT molecular complexity index is 676. The molecule has 0 bridgehead atoms. The van der Waals surface area contributed by atoms with Crippen molar-refractivity contribution < 1.29 is 9.84 Å². The number of rotatable bonds is 2. The van der Waals surface area contributed by atoms with Gasteiger partial charge in [0, 0.05) is 23.5 Å². The lowest BCUT2D eigenvalue weighted by Crippen LogP contribution is -2.36. The van der Waals surface area contributed by atoms with Gasteiger partial charge in [0.05, 0.1) is 24.9 Å². The maximum absolute atomic E-state index is 9.86. The molecule has 0 radical (unpaired) electrons. The Hall–Kier alpha value is -1.80. The molecule has 1 N–H and O–H groups in total. The highest BCUT2D eigenvalue weighted by atomic mass is 32.1. The van der Waals surface area contributed by atoms with Crippen LogP contribution in [0.1, 0.15) is 29.0 Å². The summed E-state index contributed by atoms with van der Waals surface area (Å²) in [6.07, 6.45) is -0.461. The number of benzene rings is 1. The van der Waals surface area contributed by atoms with E-state index in [9.17, 15) is 5.11 Å². The Kier molecular flexibility index (Phi) is 4.79. The normalized spacial score (nSPS) is 16.0. The molecule has 3 rings (SSSR count). The van der Waals surface area contributed by atoms with Gasteiger partial charge in [-0.1, -0.05) is 30.0 Å². The second-order valence-electron chi connectivity index (χ2n) is 5.26. The van der Waals surface area contributed by atoms with Gasteiger partial charge >= 0.3 is 0 Å². The van der Waals surface area contributed by atoms with Crippen molar-refractivity contribution in [3.63, 3.8) is 0 Å². The highest BCUT2D eigenvalue weighted by molar-refractivity contribution is 7.16. The molecule has 1 aliphatic heterocycles. The van der Waals surface area contributed by atoms with Crippen LogP contribution in [0.4, 0.5) is 5.00 Å². The standard InChI is InChI=1S/C18H19NO2S/c1-14(20)17-13-16(8-7-15-5-3-2-4-6-15)18(22-17)19-9-11-21-12-10-19/h2-6,13-14,20H,9-12H2,1H3. The van der Waals surface area contributed by atoms with E-state index in [2.05, 4.69) is 16.7 Å². The second kappa shape index (κ2) is 6.97. The summed E-state index contributed by atoms with van der Waals surface area (Å²) in [4.78, 5) is 3.26. The van der Waals surface area contributed by atoms with E-state index in [0.717, 1.165) is 47.3 Å². The molecule has 2 heterocycles. The Morgan fingerprint density at radius 3 is 2.59 bits per heavy atom. The van der Waals surface area contributed by atoms with Gasteiger partial charge in [-0.3, -0.25) is 0 Å². The zero-order chi connectivity index (χ0) is 15.4. The van der Waals surface area contributed by atoms with E-state index in [0.29, 0.717) is 0 Å². The van der Waals surface area contributed by atoms with Gasteiger partial charge in [-0.2, -0.15) is 0 Å². The maximum Gasteiger partial charge on any atom is 0.107 e. The quantitative estimate of drug-likeness (QED) is 0.865. The van der Waals surface area contributed by atoms with Crippen LogP contribution in [0.3, 0.4) is 0 Å². The molecule has 1 unspecified atom stereocenters. The molecule has 0 spiro atoms. The Morgan fingerprint density at radius 1 is 1.18 bits per heavy atom. The number of aliphatic hydroxyl groups is 1. The molecule has 1 aromatic carbocycles. The highest BCUT2D eigenvalue weighted by Crippen LogP contribution is 2.34. The number of hydrogen-bond acceptors (Lipinski definition) is 4. The van der Waals surface area contributed by atoms with Crippen molar-refractivity contribution in [2.75, 3.05) is 31.2 Å². The molecule has 3 nitrogen and oxygen atoms in total. The number of hydrogen-bond donors (Lipinski definition) is 1. The lowest BCUT2D eigenvalue weighted by Gasteiger charge is -2.27. The minimum Gasteiger partial charge on any atom is -0.388 e. The molecule has 1 saturated heterocycles. The SMILES string of the molecule is CC(O)c1cc(C#Cc2ccccc2)c(N2CCOCC2)s1. The third-order valence-corrected chi connectivity index (χ3v) is 4.92. The fourth-order valence-corrected chi connectivity index (χ4v) is 3.46. The number of aliphatic hydroxyl groups excluding tert-OH is 1. The first-order chi connectivity index (χ1) is 10.7. The largest absolute Gasteiger partial charge is 0.388 e. The zero-order valence-corrected chi connectivity index (χ0v) is 13.4. The van der Waals surface area contributed by atoms with E-state index in [1.54, 1.807) is 18.3 Å². The molecule has 1 aromatic heterocycles. The molecule has 0 aliphatic carbocycles.